The lowest BCUT2D eigenvalue weighted by molar-refractivity contribution is 0.0925. The minimum Gasteiger partial charge on any atom is -0.482 e. The highest BCUT2D eigenvalue weighted by Gasteiger charge is 2.23. The highest BCUT2D eigenvalue weighted by atomic mass is 16.5. The first-order valence-electron chi connectivity index (χ1n) is 8.63. The van der Waals surface area contributed by atoms with Gasteiger partial charge in [0, 0.05) is 12.1 Å². The van der Waals surface area contributed by atoms with Crippen LogP contribution in [0.3, 0.4) is 0 Å². The van der Waals surface area contributed by atoms with Crippen molar-refractivity contribution in [2.24, 2.45) is 0 Å². The van der Waals surface area contributed by atoms with Crippen LogP contribution in [0.4, 0.5) is 5.69 Å². The summed E-state index contributed by atoms with van der Waals surface area (Å²) in [6.07, 6.45) is 3.05. The molecule has 0 aliphatic carbocycles. The topological polar surface area (TPSA) is 141 Å². The molecule has 27 heavy (non-hydrogen) atoms. The fourth-order valence-electron chi connectivity index (χ4n) is 3.06. The van der Waals surface area contributed by atoms with Gasteiger partial charge in [0.2, 0.25) is 5.88 Å². The maximum absolute atomic E-state index is 12.7. The summed E-state index contributed by atoms with van der Waals surface area (Å²) in [5, 5.41) is 15.3. The van der Waals surface area contributed by atoms with Crippen LogP contribution in [0.5, 0.6) is 5.88 Å². The van der Waals surface area contributed by atoms with E-state index in [1.165, 1.54) is 19.4 Å². The highest BCUT2D eigenvalue weighted by Crippen LogP contribution is 2.20. The summed E-state index contributed by atoms with van der Waals surface area (Å²) >= 11 is 0. The molecule has 2 aromatic rings. The molecule has 1 aliphatic rings. The summed E-state index contributed by atoms with van der Waals surface area (Å²) in [5.74, 6) is -0.792. The number of carbonyl (C=O) groups excluding carboxylic acids is 2. The zero-order valence-corrected chi connectivity index (χ0v) is 15.1. The Kier molecular flexibility index (Phi) is 5.55. The lowest BCUT2D eigenvalue weighted by atomic mass is 10.1. The van der Waals surface area contributed by atoms with E-state index in [0.29, 0.717) is 5.56 Å². The SMILES string of the molecule is COc1[nH]c(=O)cc(C)c1C(=O)Nc1cn[nH]c1C(=O)NC1CCNCC1. The van der Waals surface area contributed by atoms with Crippen LogP contribution in [0.15, 0.2) is 17.1 Å². The van der Waals surface area contributed by atoms with Crippen LogP contribution in [-0.4, -0.2) is 53.2 Å². The summed E-state index contributed by atoms with van der Waals surface area (Å²) in [5.41, 5.74) is 0.688. The maximum Gasteiger partial charge on any atom is 0.271 e. The Hall–Kier alpha value is -3.14. The number of nitrogens with one attached hydrogen (secondary N) is 5. The van der Waals surface area contributed by atoms with Crippen molar-refractivity contribution in [2.75, 3.05) is 25.5 Å². The zero-order chi connectivity index (χ0) is 19.4. The molecule has 0 atom stereocenters. The number of nitrogens with zero attached hydrogens (tertiary/aromatic N) is 1. The lowest BCUT2D eigenvalue weighted by Gasteiger charge is -2.23. The molecule has 2 amide bonds. The molecule has 0 saturated carbocycles. The quantitative estimate of drug-likeness (QED) is 0.504. The number of amides is 2. The van der Waals surface area contributed by atoms with Gasteiger partial charge in [-0.2, -0.15) is 5.10 Å². The molecular formula is C17H22N6O4. The summed E-state index contributed by atoms with van der Waals surface area (Å²) in [6.45, 7) is 3.33. The fourth-order valence-corrected chi connectivity index (χ4v) is 3.06. The fraction of sp³-hybridized carbons (Fsp3) is 0.412. The number of H-pyrrole nitrogens is 2. The third kappa shape index (κ3) is 4.17. The third-order valence-electron chi connectivity index (χ3n) is 4.43. The van der Waals surface area contributed by atoms with Gasteiger partial charge >= 0.3 is 0 Å². The van der Waals surface area contributed by atoms with E-state index in [-0.39, 0.29) is 40.3 Å². The van der Waals surface area contributed by atoms with E-state index in [0.717, 1.165) is 25.9 Å². The highest BCUT2D eigenvalue weighted by molar-refractivity contribution is 6.10. The van der Waals surface area contributed by atoms with Crippen molar-refractivity contribution in [3.05, 3.63) is 39.4 Å². The van der Waals surface area contributed by atoms with Crippen molar-refractivity contribution < 1.29 is 14.3 Å². The number of piperidine rings is 1. The van der Waals surface area contributed by atoms with Crippen molar-refractivity contribution in [1.29, 1.82) is 0 Å². The Morgan fingerprint density at radius 3 is 2.70 bits per heavy atom. The third-order valence-corrected chi connectivity index (χ3v) is 4.43. The van der Waals surface area contributed by atoms with Crippen LogP contribution in [-0.2, 0) is 0 Å². The van der Waals surface area contributed by atoms with E-state index in [1.807, 2.05) is 0 Å². The van der Waals surface area contributed by atoms with E-state index in [9.17, 15) is 14.4 Å². The van der Waals surface area contributed by atoms with Gasteiger partial charge in [-0.1, -0.05) is 0 Å². The van der Waals surface area contributed by atoms with Gasteiger partial charge in [-0.25, -0.2) is 0 Å². The first-order valence-corrected chi connectivity index (χ1v) is 8.63. The molecule has 0 spiro atoms. The molecule has 0 radical (unpaired) electrons. The van der Waals surface area contributed by atoms with Crippen molar-refractivity contribution in [3.63, 3.8) is 0 Å². The first kappa shape index (κ1) is 18.6. The largest absolute Gasteiger partial charge is 0.482 e. The number of pyridine rings is 1. The Balaban J connectivity index is 1.77. The van der Waals surface area contributed by atoms with E-state index in [4.69, 9.17) is 4.74 Å². The van der Waals surface area contributed by atoms with Gasteiger partial charge in [0.15, 0.2) is 0 Å². The van der Waals surface area contributed by atoms with E-state index < -0.39 is 5.91 Å². The second-order valence-corrected chi connectivity index (χ2v) is 6.34. The van der Waals surface area contributed by atoms with Gasteiger partial charge in [-0.05, 0) is 38.4 Å². The van der Waals surface area contributed by atoms with Crippen molar-refractivity contribution in [3.8, 4) is 5.88 Å². The number of hydrogen-bond donors (Lipinski definition) is 5. The van der Waals surface area contributed by atoms with Crippen LogP contribution < -0.4 is 26.2 Å². The Bertz CT molecular complexity index is 897. The Labute approximate surface area is 155 Å². The van der Waals surface area contributed by atoms with Gasteiger partial charge in [0.1, 0.15) is 11.3 Å². The smallest absolute Gasteiger partial charge is 0.271 e. The summed E-state index contributed by atoms with van der Waals surface area (Å²) in [4.78, 5) is 39.2. The molecule has 5 N–H and O–H groups in total. The molecule has 0 bridgehead atoms. The number of carbonyl (C=O) groups is 2. The number of hydrogen-bond acceptors (Lipinski definition) is 6. The lowest BCUT2D eigenvalue weighted by Crippen LogP contribution is -2.43. The number of aryl methyl sites for hydroxylation is 1. The van der Waals surface area contributed by atoms with E-state index in [2.05, 4.69) is 31.1 Å². The van der Waals surface area contributed by atoms with Crippen molar-refractivity contribution in [2.45, 2.75) is 25.8 Å². The van der Waals surface area contributed by atoms with Crippen LogP contribution in [0.2, 0.25) is 0 Å². The second kappa shape index (κ2) is 8.04. The van der Waals surface area contributed by atoms with E-state index >= 15 is 0 Å². The average molecular weight is 374 g/mol. The van der Waals surface area contributed by atoms with Gasteiger partial charge in [0.05, 0.1) is 19.0 Å². The molecule has 1 saturated heterocycles. The van der Waals surface area contributed by atoms with E-state index in [1.54, 1.807) is 6.92 Å². The summed E-state index contributed by atoms with van der Waals surface area (Å²) in [7, 11) is 1.36. The Morgan fingerprint density at radius 1 is 1.26 bits per heavy atom. The first-order chi connectivity index (χ1) is 13.0. The van der Waals surface area contributed by atoms with Crippen molar-refractivity contribution in [1.82, 2.24) is 25.8 Å². The summed E-state index contributed by atoms with van der Waals surface area (Å²) < 4.78 is 5.10. The van der Waals surface area contributed by atoms with Gasteiger partial charge in [-0.3, -0.25) is 24.5 Å². The van der Waals surface area contributed by atoms with Gasteiger partial charge in [-0.15, -0.1) is 0 Å². The minimum atomic E-state index is -0.516. The van der Waals surface area contributed by atoms with Crippen LogP contribution in [0, 0.1) is 6.92 Å². The molecule has 3 rings (SSSR count). The average Bonchev–Trinajstić information content (AvgIpc) is 3.09. The Morgan fingerprint density at radius 2 is 2.00 bits per heavy atom. The van der Waals surface area contributed by atoms with Crippen molar-refractivity contribution >= 4 is 17.5 Å². The number of aromatic nitrogens is 3. The van der Waals surface area contributed by atoms with Crippen LogP contribution in [0.25, 0.3) is 0 Å². The predicted molar refractivity (Wildman–Crippen MR) is 98.3 cm³/mol. The minimum absolute atomic E-state index is 0.0571. The second-order valence-electron chi connectivity index (χ2n) is 6.34. The maximum atomic E-state index is 12.7. The molecule has 0 aromatic carbocycles. The number of methoxy groups -OCH3 is 1. The molecule has 10 nitrogen and oxygen atoms in total. The van der Waals surface area contributed by atoms with Gasteiger partial charge in [0.25, 0.3) is 17.4 Å². The zero-order valence-electron chi connectivity index (χ0n) is 15.1. The number of aromatic amines is 2. The van der Waals surface area contributed by atoms with Gasteiger partial charge < -0.3 is 20.7 Å². The number of ether oxygens (including phenoxy) is 1. The molecule has 10 heteroatoms. The molecule has 1 aliphatic heterocycles. The molecule has 3 heterocycles. The van der Waals surface area contributed by atoms with Crippen LogP contribution in [0.1, 0.15) is 39.3 Å². The van der Waals surface area contributed by atoms with Crippen LogP contribution >= 0.6 is 0 Å². The molecule has 0 unspecified atom stereocenters. The molecule has 1 fully saturated rings. The summed E-state index contributed by atoms with van der Waals surface area (Å²) in [6, 6.07) is 1.38. The standard InChI is InChI=1S/C17H22N6O4/c1-9-7-12(24)22-17(27-2)13(9)15(25)21-11-8-19-23-14(11)16(26)20-10-3-5-18-6-4-10/h7-8,10,18H,3-6H2,1-2H3,(H,19,23)(H,20,26)(H,21,25)(H,22,24). The molecule has 2 aromatic heterocycles. The molecular weight excluding hydrogens is 352 g/mol. The predicted octanol–water partition coefficient (Wildman–Crippen LogP) is 0.149. The molecule has 144 valence electrons. The number of rotatable bonds is 5. The normalized spacial score (nSPS) is 14.6. The number of anilines is 1. The monoisotopic (exact) mass is 374 g/mol.